The van der Waals surface area contributed by atoms with E-state index >= 15 is 0 Å². The Kier molecular flexibility index (Phi) is 7.86. The fourth-order valence-electron chi connectivity index (χ4n) is 5.14. The molecule has 3 heterocycles. The number of carbonyl (C=O) groups excluding carboxylic acids is 2. The lowest BCUT2D eigenvalue weighted by Gasteiger charge is -2.32. The molecule has 2 amide bonds. The summed E-state index contributed by atoms with van der Waals surface area (Å²) in [6.45, 7) is 4.00. The highest BCUT2D eigenvalue weighted by Gasteiger charge is 2.31. The van der Waals surface area contributed by atoms with Gasteiger partial charge in [-0.1, -0.05) is 30.3 Å². The van der Waals surface area contributed by atoms with E-state index in [0.717, 1.165) is 41.6 Å². The van der Waals surface area contributed by atoms with Gasteiger partial charge < -0.3 is 10.2 Å². The molecule has 0 radical (unpaired) electrons. The van der Waals surface area contributed by atoms with E-state index in [2.05, 4.69) is 15.4 Å². The van der Waals surface area contributed by atoms with Crippen molar-refractivity contribution in [3.63, 3.8) is 0 Å². The minimum Gasteiger partial charge on any atom is -0.337 e. The van der Waals surface area contributed by atoms with Crippen LogP contribution in [0, 0.1) is 0 Å². The summed E-state index contributed by atoms with van der Waals surface area (Å²) in [6.07, 6.45) is -1.62. The van der Waals surface area contributed by atoms with E-state index in [-0.39, 0.29) is 24.7 Å². The lowest BCUT2D eigenvalue weighted by atomic mass is 9.89. The van der Waals surface area contributed by atoms with Crippen molar-refractivity contribution in [2.24, 2.45) is 0 Å². The first-order chi connectivity index (χ1) is 19.2. The Balaban J connectivity index is 1.12. The number of aromatic nitrogens is 3. The van der Waals surface area contributed by atoms with Gasteiger partial charge in [-0.3, -0.25) is 19.3 Å². The lowest BCUT2D eigenvalue weighted by molar-refractivity contribution is -0.137. The summed E-state index contributed by atoms with van der Waals surface area (Å²) >= 11 is 0. The molecule has 40 heavy (non-hydrogen) atoms. The minimum absolute atomic E-state index is 0.0357. The van der Waals surface area contributed by atoms with Gasteiger partial charge in [-0.05, 0) is 68.0 Å². The monoisotopic (exact) mass is 549 g/mol. The SMILES string of the molecule is CCn1nc(C(=O)N2CCC(c3ccc(NC(=O)CCc4ccc(C(F)(F)F)cn4)cc3)CC2)c2ccccc21. The molecule has 2 aromatic carbocycles. The van der Waals surface area contributed by atoms with Crippen LogP contribution in [0.3, 0.4) is 0 Å². The Bertz CT molecular complexity index is 1490. The van der Waals surface area contributed by atoms with Crippen molar-refractivity contribution in [1.29, 1.82) is 0 Å². The summed E-state index contributed by atoms with van der Waals surface area (Å²) in [7, 11) is 0. The molecular formula is C30H30F3N5O2. The van der Waals surface area contributed by atoms with E-state index in [1.165, 1.54) is 6.07 Å². The van der Waals surface area contributed by atoms with E-state index in [1.807, 2.05) is 65.0 Å². The van der Waals surface area contributed by atoms with E-state index in [0.29, 0.717) is 42.6 Å². The molecule has 0 spiro atoms. The van der Waals surface area contributed by atoms with Crippen molar-refractivity contribution in [3.8, 4) is 0 Å². The first-order valence-corrected chi connectivity index (χ1v) is 13.4. The van der Waals surface area contributed by atoms with Gasteiger partial charge in [0.05, 0.1) is 11.1 Å². The summed E-state index contributed by atoms with van der Waals surface area (Å²) in [6, 6.07) is 17.8. The van der Waals surface area contributed by atoms with Gasteiger partial charge in [0.2, 0.25) is 5.91 Å². The molecule has 0 bridgehead atoms. The van der Waals surface area contributed by atoms with Gasteiger partial charge in [-0.25, -0.2) is 0 Å². The molecule has 4 aromatic rings. The number of fused-ring (bicyclic) bond motifs is 1. The Morgan fingerprint density at radius 1 is 1.00 bits per heavy atom. The number of piperidine rings is 1. The highest BCUT2D eigenvalue weighted by Crippen LogP contribution is 2.31. The standard InChI is InChI=1S/C30H30F3N5O2/c1-2-38-26-6-4-3-5-25(26)28(36-38)29(40)37-17-15-21(16-18-37)20-7-10-24(11-8-20)35-27(39)14-13-23-12-9-22(19-34-23)30(31,32)33/h3-12,19,21H,2,13-18H2,1H3,(H,35,39). The number of carbonyl (C=O) groups is 2. The van der Waals surface area contributed by atoms with Crippen molar-refractivity contribution in [3.05, 3.63) is 89.4 Å². The number of anilines is 1. The number of likely N-dealkylation sites (tertiary alicyclic amines) is 1. The highest BCUT2D eigenvalue weighted by molar-refractivity contribution is 6.04. The largest absolute Gasteiger partial charge is 0.417 e. The fraction of sp³-hybridized carbons (Fsp3) is 0.333. The number of rotatable bonds is 7. The average molecular weight is 550 g/mol. The zero-order chi connectivity index (χ0) is 28.3. The maximum atomic E-state index is 13.3. The smallest absolute Gasteiger partial charge is 0.337 e. The summed E-state index contributed by atoms with van der Waals surface area (Å²) < 4.78 is 39.9. The maximum absolute atomic E-state index is 13.3. The molecule has 0 unspecified atom stereocenters. The number of halogens is 3. The average Bonchev–Trinajstić information content (AvgIpc) is 3.35. The van der Waals surface area contributed by atoms with Crippen LogP contribution in [-0.2, 0) is 23.9 Å². The van der Waals surface area contributed by atoms with Gasteiger partial charge in [-0.2, -0.15) is 18.3 Å². The van der Waals surface area contributed by atoms with E-state index in [9.17, 15) is 22.8 Å². The Hall–Kier alpha value is -4.21. The van der Waals surface area contributed by atoms with Crippen LogP contribution < -0.4 is 5.32 Å². The first kappa shape index (κ1) is 27.4. The predicted octanol–water partition coefficient (Wildman–Crippen LogP) is 6.06. The van der Waals surface area contributed by atoms with Crippen molar-refractivity contribution >= 4 is 28.4 Å². The second-order valence-electron chi connectivity index (χ2n) is 9.95. The number of benzene rings is 2. The van der Waals surface area contributed by atoms with Crippen LogP contribution in [0.4, 0.5) is 18.9 Å². The highest BCUT2D eigenvalue weighted by atomic mass is 19.4. The molecule has 1 aliphatic heterocycles. The molecule has 208 valence electrons. The van der Waals surface area contributed by atoms with Crippen LogP contribution in [0.2, 0.25) is 0 Å². The Labute approximate surface area is 230 Å². The van der Waals surface area contributed by atoms with Gasteiger partial charge in [-0.15, -0.1) is 0 Å². The van der Waals surface area contributed by atoms with Crippen LogP contribution in [0.1, 0.15) is 59.4 Å². The van der Waals surface area contributed by atoms with Gasteiger partial charge in [0.25, 0.3) is 5.91 Å². The molecule has 1 saturated heterocycles. The van der Waals surface area contributed by atoms with Crippen molar-refractivity contribution < 1.29 is 22.8 Å². The molecule has 1 fully saturated rings. The van der Waals surface area contributed by atoms with Gasteiger partial charge >= 0.3 is 6.18 Å². The van der Waals surface area contributed by atoms with E-state index in [1.54, 1.807) is 0 Å². The summed E-state index contributed by atoms with van der Waals surface area (Å²) in [5.74, 6) is 0.0372. The molecule has 0 atom stereocenters. The molecule has 5 rings (SSSR count). The van der Waals surface area contributed by atoms with Gasteiger partial charge in [0, 0.05) is 49.0 Å². The lowest BCUT2D eigenvalue weighted by Crippen LogP contribution is -2.38. The van der Waals surface area contributed by atoms with Crippen LogP contribution in [-0.4, -0.2) is 44.6 Å². The van der Waals surface area contributed by atoms with Crippen molar-refractivity contribution in [2.75, 3.05) is 18.4 Å². The van der Waals surface area contributed by atoms with E-state index < -0.39 is 11.7 Å². The van der Waals surface area contributed by atoms with Crippen molar-refractivity contribution in [2.45, 2.75) is 51.2 Å². The number of alkyl halides is 3. The fourth-order valence-corrected chi connectivity index (χ4v) is 5.14. The zero-order valence-electron chi connectivity index (χ0n) is 22.1. The molecule has 10 heteroatoms. The number of aryl methyl sites for hydroxylation is 2. The van der Waals surface area contributed by atoms with Crippen molar-refractivity contribution in [1.82, 2.24) is 19.7 Å². The quantitative estimate of drug-likeness (QED) is 0.304. The number of nitrogens with zero attached hydrogens (tertiary/aromatic N) is 4. The third-order valence-corrected chi connectivity index (χ3v) is 7.37. The normalized spacial score (nSPS) is 14.4. The van der Waals surface area contributed by atoms with Gasteiger partial charge in [0.1, 0.15) is 0 Å². The molecule has 0 aliphatic carbocycles. The third kappa shape index (κ3) is 6.00. The summed E-state index contributed by atoms with van der Waals surface area (Å²) in [4.78, 5) is 31.3. The van der Waals surface area contributed by atoms with Gasteiger partial charge in [0.15, 0.2) is 5.69 Å². The summed E-state index contributed by atoms with van der Waals surface area (Å²) in [5, 5.41) is 8.29. The number of hydrogen-bond acceptors (Lipinski definition) is 4. The Morgan fingerprint density at radius 3 is 2.38 bits per heavy atom. The number of nitrogens with one attached hydrogen (secondary N) is 1. The van der Waals surface area contributed by atoms with E-state index in [4.69, 9.17) is 0 Å². The zero-order valence-corrected chi connectivity index (χ0v) is 22.1. The molecule has 0 saturated carbocycles. The van der Waals surface area contributed by atoms with Crippen LogP contribution in [0.15, 0.2) is 66.9 Å². The van der Waals surface area contributed by atoms with Crippen LogP contribution in [0.25, 0.3) is 10.9 Å². The van der Waals surface area contributed by atoms with Crippen LogP contribution in [0.5, 0.6) is 0 Å². The number of amides is 2. The first-order valence-electron chi connectivity index (χ1n) is 13.4. The van der Waals surface area contributed by atoms with Crippen LogP contribution >= 0.6 is 0 Å². The molecule has 7 nitrogen and oxygen atoms in total. The number of para-hydroxylation sites is 1. The minimum atomic E-state index is -4.43. The molecular weight excluding hydrogens is 519 g/mol. The number of pyridine rings is 1. The molecule has 1 N–H and O–H groups in total. The Morgan fingerprint density at radius 2 is 1.73 bits per heavy atom. The third-order valence-electron chi connectivity index (χ3n) is 7.37. The number of hydrogen-bond donors (Lipinski definition) is 1. The molecule has 1 aliphatic rings. The topological polar surface area (TPSA) is 80.1 Å². The summed E-state index contributed by atoms with van der Waals surface area (Å²) in [5.41, 5.74) is 2.89. The molecule has 2 aromatic heterocycles. The second-order valence-corrected chi connectivity index (χ2v) is 9.95. The predicted molar refractivity (Wildman–Crippen MR) is 146 cm³/mol. The second kappa shape index (κ2) is 11.5. The maximum Gasteiger partial charge on any atom is 0.417 e.